The largest absolute Gasteiger partial charge is 0.492 e. The Morgan fingerprint density at radius 3 is 2.50 bits per heavy atom. The molecule has 0 bridgehead atoms. The van der Waals surface area contributed by atoms with E-state index < -0.39 is 0 Å². The van der Waals surface area contributed by atoms with E-state index in [0.717, 1.165) is 16.7 Å². The van der Waals surface area contributed by atoms with Gasteiger partial charge in [0.05, 0.1) is 28.1 Å². The van der Waals surface area contributed by atoms with Crippen LogP contribution < -0.4 is 9.47 Å². The molecule has 3 rings (SSSR count). The first-order valence-electron chi connectivity index (χ1n) is 8.54. The smallest absolute Gasteiger partial charge is 0.293 e. The number of thioether (sulfide) groups is 1. The van der Waals surface area contributed by atoms with Gasteiger partial charge >= 0.3 is 0 Å². The van der Waals surface area contributed by atoms with E-state index in [1.807, 2.05) is 6.92 Å². The van der Waals surface area contributed by atoms with Gasteiger partial charge in [0, 0.05) is 0 Å². The lowest BCUT2D eigenvalue weighted by atomic mass is 10.2. The minimum absolute atomic E-state index is 0.136. The zero-order valence-electron chi connectivity index (χ0n) is 15.0. The summed E-state index contributed by atoms with van der Waals surface area (Å²) in [4.78, 5) is 26.3. The number of amides is 2. The Bertz CT molecular complexity index is 932. The fraction of sp³-hybridized carbons (Fsp3) is 0.200. The Balaban J connectivity index is 1.65. The summed E-state index contributed by atoms with van der Waals surface area (Å²) in [6.45, 7) is 2.67. The van der Waals surface area contributed by atoms with Crippen molar-refractivity contribution in [2.75, 3.05) is 19.8 Å². The van der Waals surface area contributed by atoms with Gasteiger partial charge in [0.25, 0.3) is 11.1 Å². The quantitative estimate of drug-likeness (QED) is 0.534. The molecule has 1 aliphatic rings. The highest BCUT2D eigenvalue weighted by Crippen LogP contribution is 2.34. The van der Waals surface area contributed by atoms with E-state index in [9.17, 15) is 9.59 Å². The standard InChI is InChI=1S/C20H17Cl2NO4S/c1-2-26-17-8-7-13(11-15(17)22)12-18-19(24)23(20(25)28-18)9-10-27-16-6-4-3-5-14(16)21/h3-8,11-12H,2,9-10H2,1H3/b18-12-. The number of imide groups is 1. The van der Waals surface area contributed by atoms with E-state index >= 15 is 0 Å². The molecule has 1 aliphatic heterocycles. The van der Waals surface area contributed by atoms with Gasteiger partial charge in [-0.3, -0.25) is 14.5 Å². The third-order valence-corrected chi connectivity index (χ3v) is 5.35. The van der Waals surface area contributed by atoms with Gasteiger partial charge in [-0.15, -0.1) is 0 Å². The Hall–Kier alpha value is -2.15. The number of benzene rings is 2. The van der Waals surface area contributed by atoms with Crippen molar-refractivity contribution < 1.29 is 19.1 Å². The highest BCUT2D eigenvalue weighted by atomic mass is 35.5. The van der Waals surface area contributed by atoms with Gasteiger partial charge < -0.3 is 9.47 Å². The number of carbonyl (C=O) groups is 2. The van der Waals surface area contributed by atoms with Crippen LogP contribution in [0.4, 0.5) is 4.79 Å². The predicted molar refractivity (Wildman–Crippen MR) is 112 cm³/mol. The van der Waals surface area contributed by atoms with Gasteiger partial charge in [-0.2, -0.15) is 0 Å². The molecule has 0 unspecified atom stereocenters. The summed E-state index contributed by atoms with van der Waals surface area (Å²) in [5, 5.41) is 0.586. The van der Waals surface area contributed by atoms with Crippen molar-refractivity contribution in [1.29, 1.82) is 0 Å². The first-order chi connectivity index (χ1) is 13.5. The second-order valence-corrected chi connectivity index (χ2v) is 7.54. The second-order valence-electron chi connectivity index (χ2n) is 5.74. The molecule has 5 nitrogen and oxygen atoms in total. The summed E-state index contributed by atoms with van der Waals surface area (Å²) < 4.78 is 11.0. The van der Waals surface area contributed by atoms with Crippen LogP contribution in [0.25, 0.3) is 6.08 Å². The maximum absolute atomic E-state index is 12.6. The van der Waals surface area contributed by atoms with E-state index in [2.05, 4.69) is 0 Å². The third kappa shape index (κ3) is 4.82. The van der Waals surface area contributed by atoms with Gasteiger partial charge in [0.15, 0.2) is 0 Å². The highest BCUT2D eigenvalue weighted by Gasteiger charge is 2.34. The summed E-state index contributed by atoms with van der Waals surface area (Å²) in [6.07, 6.45) is 1.64. The highest BCUT2D eigenvalue weighted by molar-refractivity contribution is 8.18. The van der Waals surface area contributed by atoms with Gasteiger partial charge in [-0.05, 0) is 54.6 Å². The number of hydrogen-bond donors (Lipinski definition) is 0. The molecular formula is C20H17Cl2NO4S. The van der Waals surface area contributed by atoms with Gasteiger partial charge in [0.1, 0.15) is 18.1 Å². The fourth-order valence-corrected chi connectivity index (χ4v) is 3.83. The second kappa shape index (κ2) is 9.37. The number of halogens is 2. The molecular weight excluding hydrogens is 421 g/mol. The summed E-state index contributed by atoms with van der Waals surface area (Å²) in [5.74, 6) is 0.726. The lowest BCUT2D eigenvalue weighted by molar-refractivity contribution is -0.123. The SMILES string of the molecule is CCOc1ccc(/C=C2\SC(=O)N(CCOc3ccccc3Cl)C2=O)cc1Cl. The molecule has 0 spiro atoms. The number of rotatable bonds is 7. The summed E-state index contributed by atoms with van der Waals surface area (Å²) >= 11 is 13.1. The van der Waals surface area contributed by atoms with Crippen molar-refractivity contribution in [3.05, 3.63) is 63.0 Å². The minimum Gasteiger partial charge on any atom is -0.492 e. The Morgan fingerprint density at radius 2 is 1.79 bits per heavy atom. The minimum atomic E-state index is -0.359. The van der Waals surface area contributed by atoms with Gasteiger partial charge in [0.2, 0.25) is 0 Å². The molecule has 1 saturated heterocycles. The van der Waals surface area contributed by atoms with Crippen molar-refractivity contribution in [3.8, 4) is 11.5 Å². The number of carbonyl (C=O) groups excluding carboxylic acids is 2. The lowest BCUT2D eigenvalue weighted by Crippen LogP contribution is -2.32. The predicted octanol–water partition coefficient (Wildman–Crippen LogP) is 5.51. The number of para-hydroxylation sites is 1. The Morgan fingerprint density at radius 1 is 1.04 bits per heavy atom. The van der Waals surface area contributed by atoms with E-state index in [-0.39, 0.29) is 24.3 Å². The molecule has 2 aromatic rings. The molecule has 2 aromatic carbocycles. The normalized spacial score (nSPS) is 15.4. The van der Waals surface area contributed by atoms with Gasteiger partial charge in [-0.1, -0.05) is 41.4 Å². The number of ether oxygens (including phenoxy) is 2. The lowest BCUT2D eigenvalue weighted by Gasteiger charge is -2.13. The molecule has 0 N–H and O–H groups in total. The number of hydrogen-bond acceptors (Lipinski definition) is 5. The first kappa shape index (κ1) is 20.6. The molecule has 0 radical (unpaired) electrons. The molecule has 1 heterocycles. The van der Waals surface area contributed by atoms with Crippen LogP contribution in [0.5, 0.6) is 11.5 Å². The summed E-state index contributed by atoms with van der Waals surface area (Å²) in [5.41, 5.74) is 0.714. The average molecular weight is 438 g/mol. The molecule has 1 fully saturated rings. The zero-order chi connectivity index (χ0) is 20.1. The van der Waals surface area contributed by atoms with Crippen LogP contribution in [0.15, 0.2) is 47.4 Å². The third-order valence-electron chi connectivity index (χ3n) is 3.84. The summed E-state index contributed by atoms with van der Waals surface area (Å²) in [7, 11) is 0. The van der Waals surface area contributed by atoms with Gasteiger partial charge in [-0.25, -0.2) is 0 Å². The molecule has 28 heavy (non-hydrogen) atoms. The van der Waals surface area contributed by atoms with Crippen LogP contribution in [0.3, 0.4) is 0 Å². The Kier molecular flexibility index (Phi) is 6.88. The average Bonchev–Trinajstić information content (AvgIpc) is 2.93. The van der Waals surface area contributed by atoms with E-state index in [0.29, 0.717) is 38.6 Å². The van der Waals surface area contributed by atoms with Crippen LogP contribution in [-0.4, -0.2) is 35.8 Å². The monoisotopic (exact) mass is 437 g/mol. The fourth-order valence-electron chi connectivity index (χ4n) is 2.53. The van der Waals surface area contributed by atoms with Crippen LogP contribution in [-0.2, 0) is 4.79 Å². The molecule has 0 aliphatic carbocycles. The molecule has 2 amide bonds. The maximum Gasteiger partial charge on any atom is 0.293 e. The molecule has 8 heteroatoms. The zero-order valence-corrected chi connectivity index (χ0v) is 17.3. The van der Waals surface area contributed by atoms with E-state index in [4.69, 9.17) is 32.7 Å². The Labute approximate surface area is 177 Å². The number of nitrogens with zero attached hydrogens (tertiary/aromatic N) is 1. The topological polar surface area (TPSA) is 55.8 Å². The van der Waals surface area contributed by atoms with Crippen LogP contribution >= 0.6 is 35.0 Å². The van der Waals surface area contributed by atoms with Crippen molar-refractivity contribution in [2.24, 2.45) is 0 Å². The van der Waals surface area contributed by atoms with Crippen molar-refractivity contribution in [1.82, 2.24) is 4.90 Å². The molecule has 0 atom stereocenters. The van der Waals surface area contributed by atoms with Crippen LogP contribution in [0, 0.1) is 0 Å². The molecule has 146 valence electrons. The van der Waals surface area contributed by atoms with Crippen LogP contribution in [0.2, 0.25) is 10.0 Å². The van der Waals surface area contributed by atoms with Crippen molar-refractivity contribution in [2.45, 2.75) is 6.92 Å². The van der Waals surface area contributed by atoms with Crippen LogP contribution in [0.1, 0.15) is 12.5 Å². The maximum atomic E-state index is 12.6. The molecule has 0 saturated carbocycles. The summed E-state index contributed by atoms with van der Waals surface area (Å²) in [6, 6.07) is 12.2. The van der Waals surface area contributed by atoms with E-state index in [1.165, 1.54) is 0 Å². The van der Waals surface area contributed by atoms with Crippen molar-refractivity contribution >= 4 is 52.2 Å². The first-order valence-corrected chi connectivity index (χ1v) is 10.1. The molecule has 0 aromatic heterocycles. The van der Waals surface area contributed by atoms with Crippen molar-refractivity contribution in [3.63, 3.8) is 0 Å². The van der Waals surface area contributed by atoms with E-state index in [1.54, 1.807) is 48.5 Å².